The van der Waals surface area contributed by atoms with E-state index in [0.29, 0.717) is 11.5 Å². The minimum Gasteiger partial charge on any atom is -0.507 e. The van der Waals surface area contributed by atoms with Crippen LogP contribution in [0.1, 0.15) is 32.3 Å². The van der Waals surface area contributed by atoms with E-state index in [1.807, 2.05) is 12.1 Å². The number of rotatable bonds is 7. The highest BCUT2D eigenvalue weighted by Gasteiger charge is 2.07. The molecule has 3 heteroatoms. The Morgan fingerprint density at radius 3 is 2.59 bits per heavy atom. The number of hydrogen-bond acceptors (Lipinski definition) is 3. The van der Waals surface area contributed by atoms with Crippen LogP contribution in [0.5, 0.6) is 11.5 Å². The van der Waals surface area contributed by atoms with Gasteiger partial charge in [0.15, 0.2) is 0 Å². The third-order valence-electron chi connectivity index (χ3n) is 2.96. The molecule has 96 valence electrons. The van der Waals surface area contributed by atoms with Gasteiger partial charge in [0.2, 0.25) is 0 Å². The Morgan fingerprint density at radius 2 is 2.06 bits per heavy atom. The average molecular weight is 237 g/mol. The number of unbranched alkanes of at least 4 members (excludes halogenated alkanes) is 1. The molecule has 0 saturated heterocycles. The lowest BCUT2D eigenvalue weighted by molar-refractivity contribution is 0.271. The lowest BCUT2D eigenvalue weighted by atomic mass is 10.1. The smallest absolute Gasteiger partial charge is 0.123 e. The van der Waals surface area contributed by atoms with E-state index in [1.54, 1.807) is 13.2 Å². The molecule has 0 amide bonds. The summed E-state index contributed by atoms with van der Waals surface area (Å²) in [6, 6.07) is 5.49. The first kappa shape index (κ1) is 13.8. The number of ether oxygens (including phenoxy) is 1. The maximum Gasteiger partial charge on any atom is 0.123 e. The van der Waals surface area contributed by atoms with E-state index >= 15 is 0 Å². The van der Waals surface area contributed by atoms with Gasteiger partial charge in [-0.25, -0.2) is 0 Å². The number of methoxy groups -OCH3 is 1. The van der Waals surface area contributed by atoms with Gasteiger partial charge in [-0.3, -0.25) is 4.90 Å². The van der Waals surface area contributed by atoms with Gasteiger partial charge in [-0.1, -0.05) is 26.3 Å². The number of aromatic hydroxyl groups is 1. The van der Waals surface area contributed by atoms with Crippen LogP contribution in [0.15, 0.2) is 18.2 Å². The highest BCUT2D eigenvalue weighted by molar-refractivity contribution is 5.39. The summed E-state index contributed by atoms with van der Waals surface area (Å²) in [7, 11) is 1.61. The van der Waals surface area contributed by atoms with Crippen LogP contribution in [0.3, 0.4) is 0 Å². The van der Waals surface area contributed by atoms with Crippen molar-refractivity contribution in [3.63, 3.8) is 0 Å². The van der Waals surface area contributed by atoms with Crippen molar-refractivity contribution < 1.29 is 9.84 Å². The summed E-state index contributed by atoms with van der Waals surface area (Å²) in [6.07, 6.45) is 2.40. The average Bonchev–Trinajstić information content (AvgIpc) is 2.36. The molecule has 0 aromatic heterocycles. The van der Waals surface area contributed by atoms with E-state index < -0.39 is 0 Å². The quantitative estimate of drug-likeness (QED) is 0.791. The third-order valence-corrected chi connectivity index (χ3v) is 2.96. The zero-order valence-electron chi connectivity index (χ0n) is 11.1. The van der Waals surface area contributed by atoms with Crippen LogP contribution >= 0.6 is 0 Å². The van der Waals surface area contributed by atoms with Gasteiger partial charge in [0.1, 0.15) is 11.5 Å². The fourth-order valence-corrected chi connectivity index (χ4v) is 1.78. The highest BCUT2D eigenvalue weighted by atomic mass is 16.5. The second-order valence-corrected chi connectivity index (χ2v) is 4.22. The first-order valence-electron chi connectivity index (χ1n) is 6.29. The summed E-state index contributed by atoms with van der Waals surface area (Å²) in [6.45, 7) is 7.23. The van der Waals surface area contributed by atoms with Crippen molar-refractivity contribution in [2.75, 3.05) is 20.2 Å². The predicted molar refractivity (Wildman–Crippen MR) is 70.5 cm³/mol. The molecule has 0 aliphatic heterocycles. The molecule has 17 heavy (non-hydrogen) atoms. The number of nitrogens with zero attached hydrogens (tertiary/aromatic N) is 1. The maximum absolute atomic E-state index is 9.89. The molecule has 0 atom stereocenters. The molecule has 0 aliphatic carbocycles. The van der Waals surface area contributed by atoms with Crippen molar-refractivity contribution in [1.29, 1.82) is 0 Å². The van der Waals surface area contributed by atoms with E-state index in [9.17, 15) is 5.11 Å². The molecular weight excluding hydrogens is 214 g/mol. The topological polar surface area (TPSA) is 32.7 Å². The third kappa shape index (κ3) is 4.27. The van der Waals surface area contributed by atoms with Crippen molar-refractivity contribution in [2.45, 2.75) is 33.2 Å². The Bertz CT molecular complexity index is 339. The summed E-state index contributed by atoms with van der Waals surface area (Å²) in [5.41, 5.74) is 0.962. The van der Waals surface area contributed by atoms with E-state index in [1.165, 1.54) is 12.8 Å². The maximum atomic E-state index is 9.89. The van der Waals surface area contributed by atoms with Crippen LogP contribution in [0, 0.1) is 0 Å². The number of phenolic OH excluding ortho intramolecular Hbond substituents is 1. The van der Waals surface area contributed by atoms with Crippen LogP contribution in [-0.2, 0) is 6.54 Å². The van der Waals surface area contributed by atoms with Crippen molar-refractivity contribution in [2.24, 2.45) is 0 Å². The molecule has 3 nitrogen and oxygen atoms in total. The number of hydrogen-bond donors (Lipinski definition) is 1. The minimum atomic E-state index is 0.319. The van der Waals surface area contributed by atoms with Crippen molar-refractivity contribution >= 4 is 0 Å². The molecule has 1 aromatic rings. The number of phenols is 1. The van der Waals surface area contributed by atoms with Gasteiger partial charge in [-0.05, 0) is 25.6 Å². The molecule has 0 aliphatic rings. The van der Waals surface area contributed by atoms with Gasteiger partial charge in [-0.15, -0.1) is 0 Å². The van der Waals surface area contributed by atoms with Gasteiger partial charge < -0.3 is 9.84 Å². The Labute approximate surface area is 104 Å². The zero-order valence-corrected chi connectivity index (χ0v) is 11.1. The molecule has 0 bridgehead atoms. The SMILES string of the molecule is CCCCN(CC)Cc1ccc(OC)cc1O. The fourth-order valence-electron chi connectivity index (χ4n) is 1.78. The van der Waals surface area contributed by atoms with Crippen molar-refractivity contribution in [3.05, 3.63) is 23.8 Å². The van der Waals surface area contributed by atoms with E-state index in [0.717, 1.165) is 25.2 Å². The molecule has 0 spiro atoms. The second kappa shape index (κ2) is 7.17. The molecule has 1 N–H and O–H groups in total. The van der Waals surface area contributed by atoms with Gasteiger partial charge in [0.25, 0.3) is 0 Å². The van der Waals surface area contributed by atoms with Crippen LogP contribution in [0.4, 0.5) is 0 Å². The van der Waals surface area contributed by atoms with E-state index in [2.05, 4.69) is 18.7 Å². The first-order chi connectivity index (χ1) is 8.21. The fraction of sp³-hybridized carbons (Fsp3) is 0.571. The van der Waals surface area contributed by atoms with Gasteiger partial charge in [0, 0.05) is 18.2 Å². The largest absolute Gasteiger partial charge is 0.507 e. The summed E-state index contributed by atoms with van der Waals surface area (Å²) in [5, 5.41) is 9.89. The molecule has 0 unspecified atom stereocenters. The molecule has 0 fully saturated rings. The molecule has 0 saturated carbocycles. The van der Waals surface area contributed by atoms with Gasteiger partial charge in [-0.2, -0.15) is 0 Å². The van der Waals surface area contributed by atoms with E-state index in [-0.39, 0.29) is 0 Å². The van der Waals surface area contributed by atoms with Gasteiger partial charge in [0.05, 0.1) is 7.11 Å². The Kier molecular flexibility index (Phi) is 5.84. The van der Waals surface area contributed by atoms with Gasteiger partial charge >= 0.3 is 0 Å². The monoisotopic (exact) mass is 237 g/mol. The summed E-state index contributed by atoms with van der Waals surface area (Å²) in [5.74, 6) is 1.02. The lowest BCUT2D eigenvalue weighted by Gasteiger charge is -2.20. The Morgan fingerprint density at radius 1 is 1.29 bits per heavy atom. The molecule has 0 radical (unpaired) electrons. The normalized spacial score (nSPS) is 10.8. The van der Waals surface area contributed by atoms with Crippen LogP contribution < -0.4 is 4.74 Å². The molecule has 1 aromatic carbocycles. The Balaban J connectivity index is 2.65. The standard InChI is InChI=1S/C14H23NO2/c1-4-6-9-15(5-2)11-12-7-8-13(17-3)10-14(12)16/h7-8,10,16H,4-6,9,11H2,1-3H3. The number of benzene rings is 1. The lowest BCUT2D eigenvalue weighted by Crippen LogP contribution is -2.23. The summed E-state index contributed by atoms with van der Waals surface area (Å²) in [4.78, 5) is 2.34. The zero-order chi connectivity index (χ0) is 12.7. The molecule has 0 heterocycles. The predicted octanol–water partition coefficient (Wildman–Crippen LogP) is 3.02. The van der Waals surface area contributed by atoms with Crippen LogP contribution in [0.2, 0.25) is 0 Å². The summed E-state index contributed by atoms with van der Waals surface area (Å²) < 4.78 is 5.07. The second-order valence-electron chi connectivity index (χ2n) is 4.22. The minimum absolute atomic E-state index is 0.319. The van der Waals surface area contributed by atoms with E-state index in [4.69, 9.17) is 4.74 Å². The van der Waals surface area contributed by atoms with Crippen LogP contribution in [0.25, 0.3) is 0 Å². The Hall–Kier alpha value is -1.22. The highest BCUT2D eigenvalue weighted by Crippen LogP contribution is 2.24. The van der Waals surface area contributed by atoms with Crippen molar-refractivity contribution in [1.82, 2.24) is 4.90 Å². The van der Waals surface area contributed by atoms with Crippen molar-refractivity contribution in [3.8, 4) is 11.5 Å². The summed E-state index contributed by atoms with van der Waals surface area (Å²) >= 11 is 0. The van der Waals surface area contributed by atoms with Crippen LogP contribution in [-0.4, -0.2) is 30.2 Å². The first-order valence-corrected chi connectivity index (χ1v) is 6.29. The molecular formula is C14H23NO2. The molecule has 1 rings (SSSR count).